The average molecular weight is 300 g/mol. The summed E-state index contributed by atoms with van der Waals surface area (Å²) in [6.45, 7) is 0.686. The van der Waals surface area contributed by atoms with Crippen molar-refractivity contribution in [1.82, 2.24) is 10.3 Å². The topological polar surface area (TPSA) is 54.0 Å². The largest absolute Gasteiger partial charge is 0.373 e. The molecule has 6 heteroatoms. The van der Waals surface area contributed by atoms with Crippen molar-refractivity contribution in [1.29, 1.82) is 0 Å². The van der Waals surface area contributed by atoms with Crippen molar-refractivity contribution >= 4 is 35.1 Å². The number of hydrogen-bond donors (Lipinski definition) is 2. The minimum absolute atomic E-state index is 0.201. The Hall–Kier alpha value is -0.940. The summed E-state index contributed by atoms with van der Waals surface area (Å²) < 4.78 is 0. The smallest absolute Gasteiger partial charge is 0.271 e. The maximum atomic E-state index is 12.1. The van der Waals surface area contributed by atoms with Gasteiger partial charge in [-0.25, -0.2) is 4.98 Å². The number of thioether (sulfide) groups is 1. The minimum atomic E-state index is -0.201. The van der Waals surface area contributed by atoms with E-state index in [0.29, 0.717) is 22.6 Å². The molecule has 0 bridgehead atoms. The van der Waals surface area contributed by atoms with Gasteiger partial charge in [-0.3, -0.25) is 4.79 Å². The van der Waals surface area contributed by atoms with Crippen molar-refractivity contribution in [2.24, 2.45) is 0 Å². The normalized spacial score (nSPS) is 18.9. The van der Waals surface area contributed by atoms with Crippen LogP contribution in [0.3, 0.4) is 0 Å². The first-order valence-corrected chi connectivity index (χ1v) is 7.87. The van der Waals surface area contributed by atoms with Gasteiger partial charge < -0.3 is 10.6 Å². The van der Waals surface area contributed by atoms with E-state index < -0.39 is 0 Å². The van der Waals surface area contributed by atoms with Crippen molar-refractivity contribution in [3.63, 3.8) is 0 Å². The van der Waals surface area contributed by atoms with E-state index in [9.17, 15) is 4.79 Å². The van der Waals surface area contributed by atoms with Crippen molar-refractivity contribution < 1.29 is 4.79 Å². The fourth-order valence-corrected chi connectivity index (χ4v) is 3.43. The number of carbonyl (C=O) groups is 1. The Morgan fingerprint density at radius 1 is 1.53 bits per heavy atom. The summed E-state index contributed by atoms with van der Waals surface area (Å²) in [4.78, 5) is 16.3. The molecule has 0 aromatic carbocycles. The number of aromatic nitrogens is 1. The molecule has 0 radical (unpaired) electrons. The second-order valence-corrected chi connectivity index (χ2v) is 6.29. The molecule has 19 heavy (non-hydrogen) atoms. The highest BCUT2D eigenvalue weighted by molar-refractivity contribution is 7.99. The van der Waals surface area contributed by atoms with E-state index in [2.05, 4.69) is 15.6 Å². The minimum Gasteiger partial charge on any atom is -0.373 e. The summed E-state index contributed by atoms with van der Waals surface area (Å²) in [5.74, 6) is 1.63. The molecule has 1 aliphatic rings. The Bertz CT molecular complexity index is 450. The number of pyridine rings is 1. The van der Waals surface area contributed by atoms with Gasteiger partial charge in [-0.2, -0.15) is 11.8 Å². The zero-order valence-electron chi connectivity index (χ0n) is 10.9. The van der Waals surface area contributed by atoms with E-state index >= 15 is 0 Å². The van der Waals surface area contributed by atoms with E-state index in [4.69, 9.17) is 11.6 Å². The molecule has 2 rings (SSSR count). The third kappa shape index (κ3) is 4.01. The number of hydrogen-bond acceptors (Lipinski definition) is 4. The van der Waals surface area contributed by atoms with Crippen molar-refractivity contribution in [2.45, 2.75) is 24.5 Å². The number of nitrogens with one attached hydrogen (secondary N) is 2. The lowest BCUT2D eigenvalue weighted by Gasteiger charge is -2.21. The molecule has 0 aliphatic carbocycles. The zero-order chi connectivity index (χ0) is 13.7. The lowest BCUT2D eigenvalue weighted by molar-refractivity contribution is 0.0948. The molecule has 1 aromatic heterocycles. The Labute approximate surface area is 122 Å². The average Bonchev–Trinajstić information content (AvgIpc) is 2.46. The van der Waals surface area contributed by atoms with Gasteiger partial charge in [0.05, 0.1) is 5.02 Å². The molecule has 1 saturated heterocycles. The number of amides is 1. The second-order valence-electron chi connectivity index (χ2n) is 4.48. The van der Waals surface area contributed by atoms with Crippen LogP contribution in [0.5, 0.6) is 0 Å². The molecule has 1 fully saturated rings. The van der Waals surface area contributed by atoms with Gasteiger partial charge in [0.2, 0.25) is 0 Å². The fourth-order valence-electron chi connectivity index (χ4n) is 2.00. The van der Waals surface area contributed by atoms with Gasteiger partial charge in [-0.1, -0.05) is 18.0 Å². The molecule has 104 valence electrons. The quantitative estimate of drug-likeness (QED) is 0.897. The summed E-state index contributed by atoms with van der Waals surface area (Å²) in [6.07, 6.45) is 3.71. The number of anilines is 1. The van der Waals surface area contributed by atoms with Crippen LogP contribution < -0.4 is 10.6 Å². The predicted molar refractivity (Wildman–Crippen MR) is 81.2 cm³/mol. The molecule has 1 atom stereocenters. The Kier molecular flexibility index (Phi) is 5.34. The number of halogens is 1. The number of rotatable bonds is 4. The first kappa shape index (κ1) is 14.5. The highest BCUT2D eigenvalue weighted by atomic mass is 35.5. The van der Waals surface area contributed by atoms with Gasteiger partial charge in [-0.05, 0) is 30.7 Å². The van der Waals surface area contributed by atoms with Gasteiger partial charge in [0.25, 0.3) is 5.91 Å². The van der Waals surface area contributed by atoms with E-state index in [-0.39, 0.29) is 11.6 Å². The van der Waals surface area contributed by atoms with Gasteiger partial charge in [0.1, 0.15) is 11.5 Å². The van der Waals surface area contributed by atoms with E-state index in [0.717, 1.165) is 0 Å². The highest BCUT2D eigenvalue weighted by Crippen LogP contribution is 2.24. The van der Waals surface area contributed by atoms with Gasteiger partial charge in [-0.15, -0.1) is 0 Å². The van der Waals surface area contributed by atoms with Crippen LogP contribution in [0.4, 0.5) is 5.82 Å². The monoisotopic (exact) mass is 299 g/mol. The van der Waals surface area contributed by atoms with E-state index in [1.807, 2.05) is 11.8 Å². The van der Waals surface area contributed by atoms with Crippen molar-refractivity contribution in [3.8, 4) is 0 Å². The third-order valence-electron chi connectivity index (χ3n) is 3.08. The SMILES string of the molecule is CNc1ccc(Cl)c(C(=O)NCC2CCCCS2)n1. The molecule has 0 saturated carbocycles. The molecular weight excluding hydrogens is 282 g/mol. The molecule has 0 spiro atoms. The van der Waals surface area contributed by atoms with Crippen molar-refractivity contribution in [3.05, 3.63) is 22.8 Å². The van der Waals surface area contributed by atoms with Crippen LogP contribution in [0.15, 0.2) is 12.1 Å². The Balaban J connectivity index is 1.95. The standard InChI is InChI=1S/C13H18ClN3OS/c1-15-11-6-5-10(14)12(17-11)13(18)16-8-9-4-2-3-7-19-9/h5-6,9H,2-4,7-8H2,1H3,(H,15,17)(H,16,18). The van der Waals surface area contributed by atoms with Gasteiger partial charge in [0.15, 0.2) is 0 Å². The van der Waals surface area contributed by atoms with Crippen molar-refractivity contribution in [2.75, 3.05) is 24.7 Å². The predicted octanol–water partition coefficient (Wildman–Crippen LogP) is 2.79. The molecule has 2 N–H and O–H groups in total. The van der Waals surface area contributed by atoms with E-state index in [1.54, 1.807) is 19.2 Å². The third-order valence-corrected chi connectivity index (χ3v) is 4.78. The molecule has 1 aliphatic heterocycles. The summed E-state index contributed by atoms with van der Waals surface area (Å²) in [7, 11) is 1.76. The van der Waals surface area contributed by atoms with Gasteiger partial charge in [0, 0.05) is 18.8 Å². The fraction of sp³-hybridized carbons (Fsp3) is 0.538. The maximum Gasteiger partial charge on any atom is 0.271 e. The molecule has 4 nitrogen and oxygen atoms in total. The molecule has 2 heterocycles. The van der Waals surface area contributed by atoms with Crippen LogP contribution in [-0.4, -0.2) is 35.5 Å². The van der Waals surface area contributed by atoms with Crippen LogP contribution in [0.2, 0.25) is 5.02 Å². The van der Waals surface area contributed by atoms with Crippen LogP contribution >= 0.6 is 23.4 Å². The summed E-state index contributed by atoms with van der Waals surface area (Å²) in [5.41, 5.74) is 0.286. The van der Waals surface area contributed by atoms with Crippen LogP contribution in [0, 0.1) is 0 Å². The highest BCUT2D eigenvalue weighted by Gasteiger charge is 2.17. The van der Waals surface area contributed by atoms with Crippen LogP contribution in [0.1, 0.15) is 29.8 Å². The van der Waals surface area contributed by atoms with Gasteiger partial charge >= 0.3 is 0 Å². The number of nitrogens with zero attached hydrogens (tertiary/aromatic N) is 1. The van der Waals surface area contributed by atoms with Crippen LogP contribution in [0.25, 0.3) is 0 Å². The maximum absolute atomic E-state index is 12.1. The Morgan fingerprint density at radius 3 is 3.05 bits per heavy atom. The first-order valence-electron chi connectivity index (χ1n) is 6.45. The zero-order valence-corrected chi connectivity index (χ0v) is 12.5. The second kappa shape index (κ2) is 7.01. The summed E-state index contributed by atoms with van der Waals surface area (Å²) in [6, 6.07) is 3.43. The molecule has 1 amide bonds. The number of carbonyl (C=O) groups excluding carboxylic acids is 1. The summed E-state index contributed by atoms with van der Waals surface area (Å²) in [5, 5.41) is 6.73. The lowest BCUT2D eigenvalue weighted by atomic mass is 10.2. The van der Waals surface area contributed by atoms with E-state index in [1.165, 1.54) is 25.0 Å². The first-order chi connectivity index (χ1) is 9.20. The molecule has 1 aromatic rings. The Morgan fingerprint density at radius 2 is 2.37 bits per heavy atom. The molecular formula is C13H18ClN3OS. The molecule has 1 unspecified atom stereocenters. The van der Waals surface area contributed by atoms with Crippen LogP contribution in [-0.2, 0) is 0 Å². The summed E-state index contributed by atoms with van der Waals surface area (Å²) >= 11 is 7.95. The lowest BCUT2D eigenvalue weighted by Crippen LogP contribution is -2.32.